The van der Waals surface area contributed by atoms with E-state index in [2.05, 4.69) is 5.32 Å². The molecule has 0 amide bonds. The lowest BCUT2D eigenvalue weighted by Gasteiger charge is -2.03. The third-order valence-electron chi connectivity index (χ3n) is 1.91. The Hall–Kier alpha value is -1.77. The van der Waals surface area contributed by atoms with Crippen LogP contribution in [-0.4, -0.2) is 17.6 Å². The van der Waals surface area contributed by atoms with Crippen LogP contribution in [0.5, 0.6) is 0 Å². The summed E-state index contributed by atoms with van der Waals surface area (Å²) in [6.07, 6.45) is 4.57. The number of anilines is 1. The first-order valence-corrected chi connectivity index (χ1v) is 4.97. The summed E-state index contributed by atoms with van der Waals surface area (Å²) in [6.45, 7) is 0.855. The lowest BCUT2D eigenvalue weighted by atomic mass is 10.2. The van der Waals surface area contributed by atoms with Gasteiger partial charge >= 0.3 is 5.97 Å². The van der Waals surface area contributed by atoms with Gasteiger partial charge in [-0.1, -0.05) is 24.3 Å². The highest BCUT2D eigenvalue weighted by atomic mass is 16.4. The molecule has 0 atom stereocenters. The first kappa shape index (κ1) is 11.3. The molecule has 1 rings (SSSR count). The van der Waals surface area contributed by atoms with Gasteiger partial charge in [0.15, 0.2) is 0 Å². The molecule has 0 unspecified atom stereocenters. The van der Waals surface area contributed by atoms with Gasteiger partial charge in [-0.05, 0) is 25.0 Å². The summed E-state index contributed by atoms with van der Waals surface area (Å²) in [6, 6.07) is 9.94. The second kappa shape index (κ2) is 6.65. The summed E-state index contributed by atoms with van der Waals surface area (Å²) in [5.41, 5.74) is 1.10. The Kier molecular flexibility index (Phi) is 5.01. The first-order valence-electron chi connectivity index (χ1n) is 4.97. The fourth-order valence-corrected chi connectivity index (χ4v) is 1.19. The van der Waals surface area contributed by atoms with E-state index < -0.39 is 5.97 Å². The van der Waals surface area contributed by atoms with Crippen LogP contribution in [0.1, 0.15) is 12.8 Å². The molecule has 0 aromatic heterocycles. The van der Waals surface area contributed by atoms with Crippen molar-refractivity contribution >= 4 is 11.7 Å². The number of carbonyl (C=O) groups is 1. The van der Waals surface area contributed by atoms with Crippen LogP contribution in [0.3, 0.4) is 0 Å². The second-order valence-corrected chi connectivity index (χ2v) is 3.18. The second-order valence-electron chi connectivity index (χ2n) is 3.18. The van der Waals surface area contributed by atoms with Gasteiger partial charge in [-0.15, -0.1) is 0 Å². The van der Waals surface area contributed by atoms with Gasteiger partial charge in [-0.25, -0.2) is 4.79 Å². The summed E-state index contributed by atoms with van der Waals surface area (Å²) < 4.78 is 0. The molecule has 15 heavy (non-hydrogen) atoms. The molecule has 0 bridgehead atoms. The van der Waals surface area contributed by atoms with Crippen molar-refractivity contribution in [2.45, 2.75) is 12.8 Å². The van der Waals surface area contributed by atoms with Crippen LogP contribution in [0.2, 0.25) is 0 Å². The molecule has 0 saturated carbocycles. The molecule has 1 aromatic carbocycles. The number of unbranched alkanes of at least 4 members (excludes halogenated alkanes) is 1. The topological polar surface area (TPSA) is 49.3 Å². The summed E-state index contributed by atoms with van der Waals surface area (Å²) >= 11 is 0. The summed E-state index contributed by atoms with van der Waals surface area (Å²) in [4.78, 5) is 10.2. The van der Waals surface area contributed by atoms with Crippen LogP contribution in [0, 0.1) is 0 Å². The maximum atomic E-state index is 10.2. The summed E-state index contributed by atoms with van der Waals surface area (Å²) in [5, 5.41) is 11.6. The van der Waals surface area contributed by atoms with Gasteiger partial charge in [0.2, 0.25) is 0 Å². The molecule has 2 N–H and O–H groups in total. The zero-order valence-electron chi connectivity index (χ0n) is 8.52. The van der Waals surface area contributed by atoms with Crippen molar-refractivity contribution in [3.05, 3.63) is 42.5 Å². The fourth-order valence-electron chi connectivity index (χ4n) is 1.19. The smallest absolute Gasteiger partial charge is 0.327 e. The molecular weight excluding hydrogens is 190 g/mol. The van der Waals surface area contributed by atoms with E-state index in [1.807, 2.05) is 30.3 Å². The maximum Gasteiger partial charge on any atom is 0.327 e. The Morgan fingerprint density at radius 2 is 2.07 bits per heavy atom. The molecule has 3 nitrogen and oxygen atoms in total. The largest absolute Gasteiger partial charge is 0.478 e. The summed E-state index contributed by atoms with van der Waals surface area (Å²) in [7, 11) is 0. The van der Waals surface area contributed by atoms with E-state index in [4.69, 9.17) is 5.11 Å². The Balaban J connectivity index is 2.10. The lowest BCUT2D eigenvalue weighted by Crippen LogP contribution is -2.00. The maximum absolute atomic E-state index is 10.2. The number of para-hydroxylation sites is 1. The summed E-state index contributed by atoms with van der Waals surface area (Å²) in [5.74, 6) is -0.883. The van der Waals surface area contributed by atoms with Crippen LogP contribution < -0.4 is 5.32 Å². The molecule has 0 aliphatic rings. The van der Waals surface area contributed by atoms with Gasteiger partial charge in [0.05, 0.1) is 0 Å². The van der Waals surface area contributed by atoms with Gasteiger partial charge in [0.25, 0.3) is 0 Å². The van der Waals surface area contributed by atoms with Gasteiger partial charge in [-0.3, -0.25) is 0 Å². The molecule has 0 radical (unpaired) electrons. The minimum absolute atomic E-state index is 0.784. The van der Waals surface area contributed by atoms with Crippen LogP contribution in [0.15, 0.2) is 42.5 Å². The normalized spacial score (nSPS) is 10.4. The monoisotopic (exact) mass is 205 g/mol. The molecule has 0 fully saturated rings. The molecule has 0 spiro atoms. The molecule has 0 saturated heterocycles. The zero-order valence-corrected chi connectivity index (χ0v) is 8.52. The third-order valence-corrected chi connectivity index (χ3v) is 1.91. The zero-order chi connectivity index (χ0) is 10.9. The number of benzene rings is 1. The number of carboxylic acid groups (broad SMARTS) is 1. The van der Waals surface area contributed by atoms with E-state index in [9.17, 15) is 4.79 Å². The Labute approximate surface area is 89.4 Å². The Morgan fingerprint density at radius 1 is 1.33 bits per heavy atom. The van der Waals surface area contributed by atoms with E-state index in [0.717, 1.165) is 25.1 Å². The van der Waals surface area contributed by atoms with Gasteiger partial charge in [0.1, 0.15) is 0 Å². The number of carboxylic acids is 1. The quantitative estimate of drug-likeness (QED) is 0.554. The molecule has 80 valence electrons. The molecule has 0 heterocycles. The van der Waals surface area contributed by atoms with Crippen molar-refractivity contribution in [3.8, 4) is 0 Å². The van der Waals surface area contributed by atoms with Crippen molar-refractivity contribution in [2.24, 2.45) is 0 Å². The van der Waals surface area contributed by atoms with E-state index in [-0.39, 0.29) is 0 Å². The van der Waals surface area contributed by atoms with Crippen LogP contribution in [-0.2, 0) is 4.79 Å². The highest BCUT2D eigenvalue weighted by molar-refractivity contribution is 5.79. The fraction of sp³-hybridized carbons (Fsp3) is 0.250. The van der Waals surface area contributed by atoms with Gasteiger partial charge in [0, 0.05) is 18.3 Å². The predicted octanol–water partition coefficient (Wildman–Crippen LogP) is 2.52. The Morgan fingerprint density at radius 3 is 2.73 bits per heavy atom. The third kappa shape index (κ3) is 5.52. The molecule has 1 aromatic rings. The number of aliphatic carboxylic acids is 1. The number of hydrogen-bond donors (Lipinski definition) is 2. The number of nitrogens with one attached hydrogen (secondary N) is 1. The minimum Gasteiger partial charge on any atom is -0.478 e. The molecule has 3 heteroatoms. The van der Waals surface area contributed by atoms with Crippen molar-refractivity contribution in [1.29, 1.82) is 0 Å². The van der Waals surface area contributed by atoms with E-state index >= 15 is 0 Å². The van der Waals surface area contributed by atoms with E-state index in [1.165, 1.54) is 6.08 Å². The lowest BCUT2D eigenvalue weighted by molar-refractivity contribution is -0.131. The molecule has 0 aliphatic carbocycles. The van der Waals surface area contributed by atoms with Crippen molar-refractivity contribution in [3.63, 3.8) is 0 Å². The van der Waals surface area contributed by atoms with E-state index in [1.54, 1.807) is 6.08 Å². The molecular formula is C12H15NO2. The predicted molar refractivity (Wildman–Crippen MR) is 60.9 cm³/mol. The van der Waals surface area contributed by atoms with Crippen LogP contribution in [0.4, 0.5) is 5.69 Å². The first-order chi connectivity index (χ1) is 7.29. The Bertz CT molecular complexity index is 320. The average molecular weight is 205 g/mol. The minimum atomic E-state index is -0.883. The van der Waals surface area contributed by atoms with Gasteiger partial charge in [-0.2, -0.15) is 0 Å². The standard InChI is InChI=1S/C12H15NO2/c14-12(15)9-5-2-6-10-13-11-7-3-1-4-8-11/h1,3-5,7-9,13H,2,6,10H2,(H,14,15). The number of rotatable bonds is 6. The van der Waals surface area contributed by atoms with Crippen LogP contribution >= 0.6 is 0 Å². The average Bonchev–Trinajstić information content (AvgIpc) is 2.24. The van der Waals surface area contributed by atoms with Crippen molar-refractivity contribution in [2.75, 3.05) is 11.9 Å². The highest BCUT2D eigenvalue weighted by Gasteiger charge is 1.89. The van der Waals surface area contributed by atoms with Crippen molar-refractivity contribution in [1.82, 2.24) is 0 Å². The van der Waals surface area contributed by atoms with Gasteiger partial charge < -0.3 is 10.4 Å². The van der Waals surface area contributed by atoms with Crippen LogP contribution in [0.25, 0.3) is 0 Å². The number of hydrogen-bond acceptors (Lipinski definition) is 2. The van der Waals surface area contributed by atoms with E-state index in [0.29, 0.717) is 0 Å². The number of allylic oxidation sites excluding steroid dienone is 1. The molecule has 0 aliphatic heterocycles. The van der Waals surface area contributed by atoms with Crippen molar-refractivity contribution < 1.29 is 9.90 Å². The highest BCUT2D eigenvalue weighted by Crippen LogP contribution is 2.04. The SMILES string of the molecule is O=C(O)C=CCCCNc1ccccc1.